The number of carbonyl (C=O) groups is 1. The summed E-state index contributed by atoms with van der Waals surface area (Å²) in [6.07, 6.45) is 2.50. The molecule has 142 valence electrons. The summed E-state index contributed by atoms with van der Waals surface area (Å²) in [5, 5.41) is 20.1. The summed E-state index contributed by atoms with van der Waals surface area (Å²) in [4.78, 5) is 14.3. The van der Waals surface area contributed by atoms with Gasteiger partial charge in [0.1, 0.15) is 11.9 Å². The summed E-state index contributed by atoms with van der Waals surface area (Å²) in [7, 11) is 0. The molecule has 1 aromatic rings. The number of rotatable bonds is 7. The largest absolute Gasteiger partial charge is 0.488 e. The van der Waals surface area contributed by atoms with Crippen LogP contribution < -0.4 is 10.1 Å². The maximum Gasteiger partial charge on any atom is 0.308 e. The van der Waals surface area contributed by atoms with Crippen molar-refractivity contribution in [3.8, 4) is 5.75 Å². The second-order valence-electron chi connectivity index (χ2n) is 7.21. The smallest absolute Gasteiger partial charge is 0.308 e. The van der Waals surface area contributed by atoms with E-state index >= 15 is 0 Å². The molecule has 1 saturated heterocycles. The lowest BCUT2D eigenvalue weighted by Gasteiger charge is -2.35. The second-order valence-corrected chi connectivity index (χ2v) is 7.21. The molecular weight excluding hydrogens is 320 g/mol. The Labute approximate surface area is 150 Å². The molecule has 3 unspecified atom stereocenters. The Bertz CT molecular complexity index is 513. The summed E-state index contributed by atoms with van der Waals surface area (Å²) in [6, 6.07) is 4.02. The molecule has 1 aliphatic heterocycles. The second kappa shape index (κ2) is 10.4. The number of ether oxygens (including phenoxy) is 1. The lowest BCUT2D eigenvalue weighted by Crippen LogP contribution is -2.50. The van der Waals surface area contributed by atoms with Crippen LogP contribution >= 0.6 is 0 Å². The van der Waals surface area contributed by atoms with Gasteiger partial charge in [0.05, 0.1) is 18.2 Å². The van der Waals surface area contributed by atoms with Crippen molar-refractivity contribution < 1.29 is 19.7 Å². The van der Waals surface area contributed by atoms with E-state index in [4.69, 9.17) is 14.9 Å². The van der Waals surface area contributed by atoms with Gasteiger partial charge in [0, 0.05) is 24.7 Å². The number of nitrogens with one attached hydrogen (secondary N) is 1. The molecule has 1 aromatic heterocycles. The number of hydrogen-bond donors (Lipinski definition) is 3. The summed E-state index contributed by atoms with van der Waals surface area (Å²) < 4.78 is 6.08. The lowest BCUT2D eigenvalue weighted by molar-refractivity contribution is -0.144. The number of pyridine rings is 1. The van der Waals surface area contributed by atoms with Crippen LogP contribution in [0.4, 0.5) is 0 Å². The summed E-state index contributed by atoms with van der Waals surface area (Å²) in [6.45, 7) is 11.6. The van der Waals surface area contributed by atoms with Crippen molar-refractivity contribution in [1.29, 1.82) is 0 Å². The highest BCUT2D eigenvalue weighted by molar-refractivity contribution is 5.70. The average molecular weight is 352 g/mol. The van der Waals surface area contributed by atoms with Gasteiger partial charge in [-0.15, -0.1) is 0 Å². The third-order valence-electron chi connectivity index (χ3n) is 4.33. The predicted molar refractivity (Wildman–Crippen MR) is 97.7 cm³/mol. The summed E-state index contributed by atoms with van der Waals surface area (Å²) in [5.74, 6) is 0.598. The average Bonchev–Trinajstić information content (AvgIpc) is 2.46. The van der Waals surface area contributed by atoms with Gasteiger partial charge in [-0.25, -0.2) is 0 Å². The van der Waals surface area contributed by atoms with Gasteiger partial charge >= 0.3 is 5.97 Å². The fourth-order valence-electron chi connectivity index (χ4n) is 2.28. The van der Waals surface area contributed by atoms with E-state index in [1.54, 1.807) is 0 Å². The van der Waals surface area contributed by atoms with Gasteiger partial charge in [0.15, 0.2) is 0 Å². The van der Waals surface area contributed by atoms with E-state index in [-0.39, 0.29) is 0 Å². The van der Waals surface area contributed by atoms with Gasteiger partial charge in [-0.1, -0.05) is 13.8 Å². The number of carboxylic acid groups (broad SMARTS) is 1. The van der Waals surface area contributed by atoms with Crippen LogP contribution in [0.2, 0.25) is 0 Å². The Morgan fingerprint density at radius 1 is 1.32 bits per heavy atom. The molecule has 0 bridgehead atoms. The van der Waals surface area contributed by atoms with E-state index in [1.807, 2.05) is 25.3 Å². The van der Waals surface area contributed by atoms with Gasteiger partial charge in [0.25, 0.3) is 0 Å². The van der Waals surface area contributed by atoms with Crippen molar-refractivity contribution in [1.82, 2.24) is 10.3 Å². The van der Waals surface area contributed by atoms with Gasteiger partial charge in [0.2, 0.25) is 0 Å². The molecule has 25 heavy (non-hydrogen) atoms. The van der Waals surface area contributed by atoms with Crippen molar-refractivity contribution in [3.63, 3.8) is 0 Å². The molecule has 0 aliphatic carbocycles. The fourth-order valence-corrected chi connectivity index (χ4v) is 2.28. The topological polar surface area (TPSA) is 91.7 Å². The zero-order chi connectivity index (χ0) is 19.0. The predicted octanol–water partition coefficient (Wildman–Crippen LogP) is 2.49. The van der Waals surface area contributed by atoms with Crippen molar-refractivity contribution in [3.05, 3.63) is 24.0 Å². The van der Waals surface area contributed by atoms with E-state index < -0.39 is 18.0 Å². The molecule has 0 aromatic carbocycles. The molecule has 3 N–H and O–H groups in total. The van der Waals surface area contributed by atoms with Crippen molar-refractivity contribution >= 4 is 5.97 Å². The number of nitrogens with zero attached hydrogens (tertiary/aromatic N) is 1. The SMILES string of the molecule is CC(O)C(C)C(=O)O.Cc1ccc(OC(CC(C)C)C2CNC2)cn1. The minimum atomic E-state index is -0.958. The molecule has 6 heteroatoms. The number of aromatic nitrogens is 1. The number of carboxylic acids is 1. The maximum atomic E-state index is 9.98. The lowest BCUT2D eigenvalue weighted by atomic mass is 9.90. The first kappa shape index (κ1) is 21.4. The van der Waals surface area contributed by atoms with E-state index in [2.05, 4.69) is 24.1 Å². The van der Waals surface area contributed by atoms with Crippen LogP contribution in [-0.4, -0.2) is 46.5 Å². The van der Waals surface area contributed by atoms with E-state index in [9.17, 15) is 4.79 Å². The minimum Gasteiger partial charge on any atom is -0.488 e. The number of aryl methyl sites for hydroxylation is 1. The van der Waals surface area contributed by atoms with Gasteiger partial charge < -0.3 is 20.3 Å². The Hall–Kier alpha value is -1.66. The molecule has 2 heterocycles. The highest BCUT2D eigenvalue weighted by Crippen LogP contribution is 2.23. The van der Waals surface area contributed by atoms with Gasteiger partial charge in [-0.05, 0) is 45.2 Å². The first-order valence-electron chi connectivity index (χ1n) is 8.91. The van der Waals surface area contributed by atoms with E-state index in [0.29, 0.717) is 17.9 Å². The molecule has 0 amide bonds. The number of aliphatic carboxylic acids is 1. The zero-order valence-corrected chi connectivity index (χ0v) is 15.9. The normalized spacial score (nSPS) is 17.7. The Kier molecular flexibility index (Phi) is 8.86. The molecule has 0 radical (unpaired) electrons. The summed E-state index contributed by atoms with van der Waals surface area (Å²) >= 11 is 0. The molecule has 0 saturated carbocycles. The molecule has 1 fully saturated rings. The van der Waals surface area contributed by atoms with Crippen LogP contribution in [0, 0.1) is 24.7 Å². The van der Waals surface area contributed by atoms with E-state index in [0.717, 1.165) is 31.0 Å². The van der Waals surface area contributed by atoms with Crippen LogP contribution in [0.15, 0.2) is 18.3 Å². The first-order chi connectivity index (χ1) is 11.7. The minimum absolute atomic E-state index is 0.320. The van der Waals surface area contributed by atoms with Crippen LogP contribution in [0.3, 0.4) is 0 Å². The Balaban J connectivity index is 0.000000333. The maximum absolute atomic E-state index is 9.98. The zero-order valence-electron chi connectivity index (χ0n) is 15.9. The number of aliphatic hydroxyl groups excluding tert-OH is 1. The third kappa shape index (κ3) is 7.84. The van der Waals surface area contributed by atoms with Crippen molar-refractivity contribution in [2.24, 2.45) is 17.8 Å². The first-order valence-corrected chi connectivity index (χ1v) is 8.91. The molecule has 3 atom stereocenters. The molecular formula is C19H32N2O4. The molecule has 2 rings (SSSR count). The Morgan fingerprint density at radius 2 is 1.96 bits per heavy atom. The van der Waals surface area contributed by atoms with Crippen LogP contribution in [0.25, 0.3) is 0 Å². The van der Waals surface area contributed by atoms with Crippen LogP contribution in [0.5, 0.6) is 5.75 Å². The summed E-state index contributed by atoms with van der Waals surface area (Å²) in [5.41, 5.74) is 1.03. The number of aliphatic hydroxyl groups is 1. The van der Waals surface area contributed by atoms with Crippen molar-refractivity contribution in [2.45, 2.75) is 53.2 Å². The molecule has 0 spiro atoms. The third-order valence-corrected chi connectivity index (χ3v) is 4.33. The highest BCUT2D eigenvalue weighted by atomic mass is 16.5. The quantitative estimate of drug-likeness (QED) is 0.698. The molecule has 6 nitrogen and oxygen atoms in total. The monoisotopic (exact) mass is 352 g/mol. The van der Waals surface area contributed by atoms with Crippen LogP contribution in [-0.2, 0) is 4.79 Å². The van der Waals surface area contributed by atoms with Gasteiger partial charge in [-0.3, -0.25) is 9.78 Å². The highest BCUT2D eigenvalue weighted by Gasteiger charge is 2.29. The van der Waals surface area contributed by atoms with Crippen LogP contribution in [0.1, 0.15) is 39.8 Å². The number of hydrogen-bond acceptors (Lipinski definition) is 5. The molecule has 1 aliphatic rings. The fraction of sp³-hybridized carbons (Fsp3) is 0.684. The van der Waals surface area contributed by atoms with Crippen molar-refractivity contribution in [2.75, 3.05) is 13.1 Å². The van der Waals surface area contributed by atoms with Gasteiger partial charge in [-0.2, -0.15) is 0 Å². The Morgan fingerprint density at radius 3 is 2.28 bits per heavy atom. The van der Waals surface area contributed by atoms with E-state index in [1.165, 1.54) is 13.8 Å². The standard InChI is InChI=1S/C14H22N2O.C5H10O3/c1-10(2)6-14(12-7-15-8-12)17-13-5-4-11(3)16-9-13;1-3(4(2)6)5(7)8/h4-5,9-10,12,14-15H,6-8H2,1-3H3;3-4,6H,1-2H3,(H,7,8).